The lowest BCUT2D eigenvalue weighted by Gasteiger charge is -2.11. The predicted octanol–water partition coefficient (Wildman–Crippen LogP) is 4.08. The lowest BCUT2D eigenvalue weighted by atomic mass is 10.4. The Morgan fingerprint density at radius 1 is 0.410 bits per heavy atom. The summed E-state index contributed by atoms with van der Waals surface area (Å²) in [5.41, 5.74) is 0. The highest BCUT2D eigenvalue weighted by Crippen LogP contribution is 2.26. The van der Waals surface area contributed by atoms with Crippen LogP contribution in [0, 0.1) is 0 Å². The maximum atomic E-state index is 14.2. The minimum atomic E-state index is -4.60. The number of rotatable bonds is 8. The molecule has 0 aliphatic carbocycles. The second-order valence-corrected chi connectivity index (χ2v) is 16.6. The van der Waals surface area contributed by atoms with Crippen molar-refractivity contribution in [2.45, 2.75) is 24.4 Å². The van der Waals surface area contributed by atoms with Gasteiger partial charge in [-0.15, -0.1) is 0 Å². The Labute approximate surface area is 227 Å². The molecular formula is C26H23FO8S4. The summed E-state index contributed by atoms with van der Waals surface area (Å²) in [6, 6.07) is 28.4. The standard InChI is InChI=1S/C13H11FO4S2.C13H12O4S2/c14-13(19(15,16)11-7-3-1-4-8-11)20(17,18)12-9-5-2-6-10-12;14-18(15,12-7-3-1-4-8-12)11-19(16,17)13-9-5-2-6-10-13/h1-10,13H;1-10H,11H2. The van der Waals surface area contributed by atoms with Crippen LogP contribution in [-0.4, -0.2) is 43.6 Å². The van der Waals surface area contributed by atoms with Crippen LogP contribution in [-0.2, 0) is 39.3 Å². The van der Waals surface area contributed by atoms with Crippen molar-refractivity contribution in [2.24, 2.45) is 0 Å². The van der Waals surface area contributed by atoms with Crippen molar-refractivity contribution < 1.29 is 38.1 Å². The zero-order valence-corrected chi connectivity index (χ0v) is 23.4. The molecular weight excluding hydrogens is 588 g/mol. The van der Waals surface area contributed by atoms with Gasteiger partial charge >= 0.3 is 4.84 Å². The molecule has 8 nitrogen and oxygen atoms in total. The van der Waals surface area contributed by atoms with Crippen LogP contribution in [0.25, 0.3) is 0 Å². The van der Waals surface area contributed by atoms with E-state index in [1.807, 2.05) is 0 Å². The first-order chi connectivity index (χ1) is 18.3. The first-order valence-corrected chi connectivity index (χ1v) is 17.5. The van der Waals surface area contributed by atoms with Gasteiger partial charge in [0, 0.05) is 0 Å². The normalized spacial score (nSPS) is 12.4. The summed E-state index contributed by atoms with van der Waals surface area (Å²) in [6.07, 6.45) is 0. The van der Waals surface area contributed by atoms with Crippen LogP contribution >= 0.6 is 0 Å². The molecule has 0 fully saturated rings. The second-order valence-electron chi connectivity index (χ2n) is 7.96. The lowest BCUT2D eigenvalue weighted by Crippen LogP contribution is -2.26. The van der Waals surface area contributed by atoms with Crippen molar-refractivity contribution in [3.05, 3.63) is 121 Å². The molecule has 0 saturated heterocycles. The SMILES string of the molecule is O=S(=O)(CS(=O)(=O)c1ccccc1)c1ccccc1.O=S(=O)(c1ccccc1)C(F)S(=O)(=O)c1ccccc1. The zero-order chi connectivity index (χ0) is 28.7. The Kier molecular flexibility index (Phi) is 9.43. The molecule has 0 aliphatic heterocycles. The Bertz CT molecular complexity index is 1680. The summed E-state index contributed by atoms with van der Waals surface area (Å²) >= 11 is 0. The van der Waals surface area contributed by atoms with E-state index in [-0.39, 0.29) is 19.6 Å². The molecule has 0 atom stereocenters. The first-order valence-electron chi connectivity index (χ1n) is 11.1. The maximum Gasteiger partial charge on any atom is 0.308 e. The second kappa shape index (κ2) is 12.2. The highest BCUT2D eigenvalue weighted by atomic mass is 32.3. The van der Waals surface area contributed by atoms with Gasteiger partial charge in [-0.25, -0.2) is 38.1 Å². The summed E-state index contributed by atoms with van der Waals surface area (Å²) in [5.74, 6) is 0. The quantitative estimate of drug-likeness (QED) is 0.291. The smallest absolute Gasteiger partial charge is 0.223 e. The third-order valence-corrected chi connectivity index (χ3v) is 14.0. The molecule has 0 spiro atoms. The number of sulfone groups is 4. The van der Waals surface area contributed by atoms with E-state index in [1.165, 1.54) is 48.5 Å². The zero-order valence-electron chi connectivity index (χ0n) is 20.1. The van der Waals surface area contributed by atoms with Crippen molar-refractivity contribution >= 4 is 39.3 Å². The van der Waals surface area contributed by atoms with Crippen molar-refractivity contribution in [3.8, 4) is 0 Å². The molecule has 4 aromatic rings. The fourth-order valence-corrected chi connectivity index (χ4v) is 10.6. The van der Waals surface area contributed by atoms with Gasteiger partial charge in [-0.1, -0.05) is 72.8 Å². The fraction of sp³-hybridized carbons (Fsp3) is 0.0769. The molecule has 13 heteroatoms. The molecule has 0 unspecified atom stereocenters. The summed E-state index contributed by atoms with van der Waals surface area (Å²) in [5, 5.41) is -0.923. The molecule has 0 saturated carbocycles. The Morgan fingerprint density at radius 3 is 0.897 bits per heavy atom. The fourth-order valence-electron chi connectivity index (χ4n) is 3.20. The Hall–Kier alpha value is -3.39. The average Bonchev–Trinajstić information content (AvgIpc) is 2.94. The predicted molar refractivity (Wildman–Crippen MR) is 144 cm³/mol. The van der Waals surface area contributed by atoms with Crippen LogP contribution in [0.4, 0.5) is 4.39 Å². The maximum absolute atomic E-state index is 14.2. The van der Waals surface area contributed by atoms with Gasteiger partial charge in [0.1, 0.15) is 0 Å². The molecule has 0 aliphatic rings. The van der Waals surface area contributed by atoms with Crippen molar-refractivity contribution in [1.29, 1.82) is 0 Å². The third kappa shape index (κ3) is 7.38. The average molecular weight is 611 g/mol. The Morgan fingerprint density at radius 2 is 0.641 bits per heavy atom. The van der Waals surface area contributed by atoms with Crippen LogP contribution in [0.2, 0.25) is 0 Å². The van der Waals surface area contributed by atoms with Crippen molar-refractivity contribution in [1.82, 2.24) is 0 Å². The Balaban J connectivity index is 0.000000216. The van der Waals surface area contributed by atoms with Crippen LogP contribution in [0.1, 0.15) is 0 Å². The van der Waals surface area contributed by atoms with Gasteiger partial charge < -0.3 is 0 Å². The summed E-state index contributed by atoms with van der Waals surface area (Å²) < 4.78 is 110. The third-order valence-electron chi connectivity index (χ3n) is 5.15. The minimum Gasteiger partial charge on any atom is -0.223 e. The number of hydrogen-bond donors (Lipinski definition) is 0. The van der Waals surface area contributed by atoms with Gasteiger partial charge in [0.2, 0.25) is 19.7 Å². The number of benzene rings is 4. The van der Waals surface area contributed by atoms with Gasteiger partial charge in [-0.2, -0.15) is 0 Å². The molecule has 0 amide bonds. The molecule has 0 bridgehead atoms. The highest BCUT2D eigenvalue weighted by Gasteiger charge is 2.40. The van der Waals surface area contributed by atoms with E-state index < -0.39 is 49.3 Å². The molecule has 4 aromatic carbocycles. The molecule has 206 valence electrons. The number of hydrogen-bond acceptors (Lipinski definition) is 8. The molecule has 0 heterocycles. The molecule has 4 rings (SSSR count). The van der Waals surface area contributed by atoms with Crippen molar-refractivity contribution in [3.63, 3.8) is 0 Å². The van der Waals surface area contributed by atoms with Crippen molar-refractivity contribution in [2.75, 3.05) is 5.08 Å². The van der Waals surface area contributed by atoms with E-state index in [1.54, 1.807) is 48.5 Å². The summed E-state index contributed by atoms with van der Waals surface area (Å²) in [7, 11) is -16.9. The first kappa shape index (κ1) is 30.2. The number of halogens is 1. The van der Waals surface area contributed by atoms with Gasteiger partial charge in [0.05, 0.1) is 19.6 Å². The van der Waals surface area contributed by atoms with E-state index >= 15 is 0 Å². The number of alkyl halides is 1. The van der Waals surface area contributed by atoms with Crippen LogP contribution in [0.5, 0.6) is 0 Å². The minimum absolute atomic E-state index is 0.00880. The summed E-state index contributed by atoms with van der Waals surface area (Å²) in [4.78, 5) is -3.75. The molecule has 39 heavy (non-hydrogen) atoms. The molecule has 0 N–H and O–H groups in total. The highest BCUT2D eigenvalue weighted by molar-refractivity contribution is 8.09. The van der Waals surface area contributed by atoms with E-state index in [4.69, 9.17) is 0 Å². The summed E-state index contributed by atoms with van der Waals surface area (Å²) in [6.45, 7) is 0. The van der Waals surface area contributed by atoms with Gasteiger partial charge in [-0.3, -0.25) is 0 Å². The van der Waals surface area contributed by atoms with E-state index in [0.717, 1.165) is 24.3 Å². The van der Waals surface area contributed by atoms with E-state index in [9.17, 15) is 38.1 Å². The molecule has 0 aromatic heterocycles. The van der Waals surface area contributed by atoms with Crippen LogP contribution in [0.3, 0.4) is 0 Å². The topological polar surface area (TPSA) is 137 Å². The monoisotopic (exact) mass is 610 g/mol. The van der Waals surface area contributed by atoms with Gasteiger partial charge in [0.25, 0.3) is 0 Å². The van der Waals surface area contributed by atoms with Crippen LogP contribution in [0.15, 0.2) is 141 Å². The van der Waals surface area contributed by atoms with Gasteiger partial charge in [0.15, 0.2) is 24.8 Å². The van der Waals surface area contributed by atoms with E-state index in [2.05, 4.69) is 0 Å². The van der Waals surface area contributed by atoms with E-state index in [0.29, 0.717) is 0 Å². The largest absolute Gasteiger partial charge is 0.308 e. The van der Waals surface area contributed by atoms with Gasteiger partial charge in [-0.05, 0) is 48.5 Å². The van der Waals surface area contributed by atoms with Crippen LogP contribution < -0.4 is 0 Å². The lowest BCUT2D eigenvalue weighted by molar-refractivity contribution is 0.477. The molecule has 0 radical (unpaired) electrons.